The molecule has 1 heterocycles. The van der Waals surface area contributed by atoms with Gasteiger partial charge in [0, 0.05) is 42.6 Å². The van der Waals surface area contributed by atoms with Crippen LogP contribution >= 0.6 is 0 Å². The SMILES string of the molecule is Cc1cccc(Cc2[nH]nc3cc(O)c(C(=O)N(C)c4ccc(S(C)(=O)=O)cc4)cc23)c1. The molecule has 0 atom stereocenters. The summed E-state index contributed by atoms with van der Waals surface area (Å²) >= 11 is 0. The molecule has 164 valence electrons. The van der Waals surface area contributed by atoms with Gasteiger partial charge in [-0.3, -0.25) is 9.89 Å². The number of aromatic nitrogens is 2. The Balaban J connectivity index is 1.67. The molecule has 0 aliphatic heterocycles. The van der Waals surface area contributed by atoms with E-state index in [1.54, 1.807) is 25.2 Å². The Morgan fingerprint density at radius 2 is 1.81 bits per heavy atom. The van der Waals surface area contributed by atoms with E-state index in [0.717, 1.165) is 28.5 Å². The molecule has 3 aromatic carbocycles. The van der Waals surface area contributed by atoms with Crippen LogP contribution in [0.15, 0.2) is 65.6 Å². The fourth-order valence-electron chi connectivity index (χ4n) is 3.65. The third-order valence-corrected chi connectivity index (χ3v) is 6.53. The van der Waals surface area contributed by atoms with E-state index in [-0.39, 0.29) is 16.2 Å². The number of anilines is 1. The highest BCUT2D eigenvalue weighted by Gasteiger charge is 2.20. The second-order valence-electron chi connectivity index (χ2n) is 7.88. The standard InChI is InChI=1S/C24H23N3O4S/c1-15-5-4-6-16(11-15)12-21-19-13-20(23(28)14-22(19)26-25-21)24(29)27(2)17-7-9-18(10-8-17)32(3,30)31/h4-11,13-14,28H,12H2,1-3H3,(H,25,26). The number of amides is 1. The highest BCUT2D eigenvalue weighted by molar-refractivity contribution is 7.90. The number of phenolic OH excluding ortho intramolecular Hbond substituents is 1. The number of aromatic amines is 1. The number of hydrogen-bond donors (Lipinski definition) is 2. The molecule has 1 aromatic heterocycles. The number of carbonyl (C=O) groups excluding carboxylic acids is 1. The number of carbonyl (C=O) groups is 1. The molecule has 4 aromatic rings. The zero-order valence-corrected chi connectivity index (χ0v) is 18.8. The van der Waals surface area contributed by atoms with Crippen LogP contribution in [0.4, 0.5) is 5.69 Å². The lowest BCUT2D eigenvalue weighted by molar-refractivity contribution is 0.0990. The summed E-state index contributed by atoms with van der Waals surface area (Å²) < 4.78 is 23.3. The number of H-pyrrole nitrogens is 1. The van der Waals surface area contributed by atoms with Crippen LogP contribution in [-0.2, 0) is 16.3 Å². The molecular weight excluding hydrogens is 426 g/mol. The van der Waals surface area contributed by atoms with Gasteiger partial charge in [-0.25, -0.2) is 8.42 Å². The normalized spacial score (nSPS) is 11.6. The number of sulfone groups is 1. The Hall–Kier alpha value is -3.65. The monoisotopic (exact) mass is 449 g/mol. The Morgan fingerprint density at radius 1 is 1.09 bits per heavy atom. The van der Waals surface area contributed by atoms with Crippen molar-refractivity contribution in [3.05, 3.63) is 83.0 Å². The molecule has 1 amide bonds. The zero-order chi connectivity index (χ0) is 23.0. The lowest BCUT2D eigenvalue weighted by Crippen LogP contribution is -2.26. The fourth-order valence-corrected chi connectivity index (χ4v) is 4.28. The number of aromatic hydroxyl groups is 1. The Kier molecular flexibility index (Phi) is 5.48. The predicted octanol–water partition coefficient (Wildman–Crippen LogP) is 3.85. The average Bonchev–Trinajstić information content (AvgIpc) is 3.13. The summed E-state index contributed by atoms with van der Waals surface area (Å²) in [6, 6.07) is 17.3. The predicted molar refractivity (Wildman–Crippen MR) is 124 cm³/mol. The zero-order valence-electron chi connectivity index (χ0n) is 18.0. The maximum absolute atomic E-state index is 13.1. The van der Waals surface area contributed by atoms with Crippen LogP contribution in [0, 0.1) is 6.92 Å². The molecule has 32 heavy (non-hydrogen) atoms. The van der Waals surface area contributed by atoms with Gasteiger partial charge in [0.05, 0.1) is 16.0 Å². The minimum atomic E-state index is -3.33. The molecule has 4 rings (SSSR count). The summed E-state index contributed by atoms with van der Waals surface area (Å²) in [5, 5.41) is 18.5. The topological polar surface area (TPSA) is 103 Å². The molecular formula is C24H23N3O4S. The van der Waals surface area contributed by atoms with Gasteiger partial charge in [-0.05, 0) is 42.8 Å². The van der Waals surface area contributed by atoms with Gasteiger partial charge in [0.25, 0.3) is 5.91 Å². The maximum atomic E-state index is 13.1. The van der Waals surface area contributed by atoms with Crippen molar-refractivity contribution in [2.24, 2.45) is 0 Å². The van der Waals surface area contributed by atoms with Crippen LogP contribution in [0.1, 0.15) is 27.2 Å². The van der Waals surface area contributed by atoms with Gasteiger partial charge in [-0.1, -0.05) is 29.8 Å². The summed E-state index contributed by atoms with van der Waals surface area (Å²) in [4.78, 5) is 14.7. The summed E-state index contributed by atoms with van der Waals surface area (Å²) in [6.45, 7) is 2.03. The van der Waals surface area contributed by atoms with Gasteiger partial charge < -0.3 is 10.0 Å². The number of aryl methyl sites for hydroxylation is 1. The molecule has 0 saturated heterocycles. The van der Waals surface area contributed by atoms with E-state index in [4.69, 9.17) is 0 Å². The molecule has 0 radical (unpaired) electrons. The average molecular weight is 450 g/mol. The smallest absolute Gasteiger partial charge is 0.261 e. The third-order valence-electron chi connectivity index (χ3n) is 5.40. The highest BCUT2D eigenvalue weighted by Crippen LogP contribution is 2.29. The van der Waals surface area contributed by atoms with E-state index in [1.807, 2.05) is 25.1 Å². The van der Waals surface area contributed by atoms with Crippen molar-refractivity contribution in [3.8, 4) is 5.75 Å². The number of nitrogens with one attached hydrogen (secondary N) is 1. The van der Waals surface area contributed by atoms with Gasteiger partial charge in [0.1, 0.15) is 5.75 Å². The van der Waals surface area contributed by atoms with Crippen molar-refractivity contribution >= 4 is 32.3 Å². The largest absolute Gasteiger partial charge is 0.507 e. The van der Waals surface area contributed by atoms with Gasteiger partial charge in [-0.15, -0.1) is 0 Å². The first kappa shape index (κ1) is 21.6. The van der Waals surface area contributed by atoms with Crippen molar-refractivity contribution in [2.75, 3.05) is 18.2 Å². The van der Waals surface area contributed by atoms with Crippen molar-refractivity contribution in [3.63, 3.8) is 0 Å². The Labute approximate surface area is 186 Å². The molecule has 0 saturated carbocycles. The van der Waals surface area contributed by atoms with Crippen LogP contribution in [0.5, 0.6) is 5.75 Å². The Bertz CT molecular complexity index is 1420. The number of nitrogens with zero attached hydrogens (tertiary/aromatic N) is 2. The van der Waals surface area contributed by atoms with E-state index in [1.165, 1.54) is 23.1 Å². The summed E-state index contributed by atoms with van der Waals surface area (Å²) in [5.41, 5.74) is 4.33. The lowest BCUT2D eigenvalue weighted by Gasteiger charge is -2.18. The van der Waals surface area contributed by atoms with Crippen LogP contribution in [0.2, 0.25) is 0 Å². The lowest BCUT2D eigenvalue weighted by atomic mass is 10.0. The first-order valence-corrected chi connectivity index (χ1v) is 11.9. The van der Waals surface area contributed by atoms with Gasteiger partial charge in [0.2, 0.25) is 0 Å². The molecule has 7 nitrogen and oxygen atoms in total. The first-order valence-electron chi connectivity index (χ1n) is 9.97. The van der Waals surface area contributed by atoms with Gasteiger partial charge in [0.15, 0.2) is 9.84 Å². The van der Waals surface area contributed by atoms with Crippen molar-refractivity contribution < 1.29 is 18.3 Å². The summed E-state index contributed by atoms with van der Waals surface area (Å²) in [6.07, 6.45) is 1.74. The van der Waals surface area contributed by atoms with E-state index >= 15 is 0 Å². The molecule has 2 N–H and O–H groups in total. The van der Waals surface area contributed by atoms with Crippen LogP contribution < -0.4 is 4.90 Å². The third kappa shape index (κ3) is 4.22. The minimum Gasteiger partial charge on any atom is -0.507 e. The van der Waals surface area contributed by atoms with E-state index < -0.39 is 15.7 Å². The number of rotatable bonds is 5. The summed E-state index contributed by atoms with van der Waals surface area (Å²) in [7, 11) is -1.76. The molecule has 0 aliphatic carbocycles. The van der Waals surface area contributed by atoms with E-state index in [0.29, 0.717) is 17.6 Å². The maximum Gasteiger partial charge on any atom is 0.261 e. The van der Waals surface area contributed by atoms with Crippen molar-refractivity contribution in [1.82, 2.24) is 10.2 Å². The number of phenols is 1. The van der Waals surface area contributed by atoms with E-state index in [9.17, 15) is 18.3 Å². The van der Waals surface area contributed by atoms with Crippen LogP contribution in [-0.4, -0.2) is 42.9 Å². The fraction of sp³-hybridized carbons (Fsp3) is 0.167. The highest BCUT2D eigenvalue weighted by atomic mass is 32.2. The number of benzene rings is 3. The van der Waals surface area contributed by atoms with Crippen LogP contribution in [0.25, 0.3) is 10.9 Å². The molecule has 0 aliphatic rings. The quantitative estimate of drug-likeness (QED) is 0.482. The molecule has 0 fully saturated rings. The molecule has 0 bridgehead atoms. The summed E-state index contributed by atoms with van der Waals surface area (Å²) in [5.74, 6) is -0.588. The van der Waals surface area contributed by atoms with Gasteiger partial charge >= 0.3 is 0 Å². The van der Waals surface area contributed by atoms with Crippen molar-refractivity contribution in [1.29, 1.82) is 0 Å². The molecule has 8 heteroatoms. The second kappa shape index (κ2) is 8.12. The first-order chi connectivity index (χ1) is 15.1. The second-order valence-corrected chi connectivity index (χ2v) is 9.90. The molecule has 0 unspecified atom stereocenters. The van der Waals surface area contributed by atoms with Crippen LogP contribution in [0.3, 0.4) is 0 Å². The minimum absolute atomic E-state index is 0.138. The molecule has 0 spiro atoms. The van der Waals surface area contributed by atoms with Crippen molar-refractivity contribution in [2.45, 2.75) is 18.2 Å². The number of fused-ring (bicyclic) bond motifs is 1. The Morgan fingerprint density at radius 3 is 2.47 bits per heavy atom. The van der Waals surface area contributed by atoms with E-state index in [2.05, 4.69) is 16.3 Å². The number of hydrogen-bond acceptors (Lipinski definition) is 5. The van der Waals surface area contributed by atoms with Gasteiger partial charge in [-0.2, -0.15) is 5.10 Å².